The maximum absolute atomic E-state index is 6.13. The molecule has 0 aromatic carbocycles. The number of nitrogens with two attached hydrogens (primary N) is 1. The van der Waals surface area contributed by atoms with Gasteiger partial charge in [-0.15, -0.1) is 0 Å². The van der Waals surface area contributed by atoms with E-state index in [2.05, 4.69) is 28.7 Å². The first kappa shape index (κ1) is 16.6. The van der Waals surface area contributed by atoms with E-state index < -0.39 is 0 Å². The van der Waals surface area contributed by atoms with Gasteiger partial charge >= 0.3 is 0 Å². The molecule has 5 heteroatoms. The minimum Gasteiger partial charge on any atom is -0.477 e. The van der Waals surface area contributed by atoms with Gasteiger partial charge in [-0.2, -0.15) is 0 Å². The Balaban J connectivity index is 1.93. The van der Waals surface area contributed by atoms with Crippen molar-refractivity contribution in [1.82, 2.24) is 9.88 Å². The van der Waals surface area contributed by atoms with E-state index >= 15 is 0 Å². The van der Waals surface area contributed by atoms with E-state index in [9.17, 15) is 0 Å². The van der Waals surface area contributed by atoms with Gasteiger partial charge in [0.05, 0.1) is 13.2 Å². The van der Waals surface area contributed by atoms with Crippen LogP contribution in [0.1, 0.15) is 45.1 Å². The van der Waals surface area contributed by atoms with E-state index in [1.807, 2.05) is 12.1 Å². The molecule has 1 aliphatic heterocycles. The second kappa shape index (κ2) is 8.61. The van der Waals surface area contributed by atoms with Crippen LogP contribution in [0.2, 0.25) is 0 Å². The molecule has 0 aliphatic carbocycles. The van der Waals surface area contributed by atoms with Crippen molar-refractivity contribution in [3.8, 4) is 5.88 Å². The Bertz CT molecular complexity index is 481. The predicted molar refractivity (Wildman–Crippen MR) is 89.9 cm³/mol. The fourth-order valence-corrected chi connectivity index (χ4v) is 2.49. The zero-order valence-corrected chi connectivity index (χ0v) is 13.8. The Hall–Kier alpha value is -1.78. The first-order chi connectivity index (χ1) is 10.7. The van der Waals surface area contributed by atoms with E-state index in [1.54, 1.807) is 6.20 Å². The number of guanidine groups is 1. The number of nitrogens with zero attached hydrogens (tertiary/aromatic N) is 3. The second-order valence-electron chi connectivity index (χ2n) is 6.01. The second-order valence-corrected chi connectivity index (χ2v) is 6.01. The van der Waals surface area contributed by atoms with Crippen LogP contribution in [0.3, 0.4) is 0 Å². The molecule has 1 saturated heterocycles. The lowest BCUT2D eigenvalue weighted by molar-refractivity contribution is 0.277. The molecule has 2 rings (SSSR count). The van der Waals surface area contributed by atoms with Crippen LogP contribution in [0.4, 0.5) is 0 Å². The summed E-state index contributed by atoms with van der Waals surface area (Å²) >= 11 is 0. The topological polar surface area (TPSA) is 63.7 Å². The van der Waals surface area contributed by atoms with Gasteiger partial charge in [0.1, 0.15) is 0 Å². The molecule has 122 valence electrons. The fraction of sp³-hybridized carbons (Fsp3) is 0.647. The SMILES string of the molecule is CCCCOc1ncccc1CN=C(N)N1CCC(C)CC1. The Morgan fingerprint density at radius 2 is 2.23 bits per heavy atom. The van der Waals surface area contributed by atoms with Crippen LogP contribution >= 0.6 is 0 Å². The summed E-state index contributed by atoms with van der Waals surface area (Å²) in [6, 6.07) is 3.92. The molecule has 0 amide bonds. The minimum atomic E-state index is 0.521. The van der Waals surface area contributed by atoms with Gasteiger partial charge in [-0.05, 0) is 31.2 Å². The fourth-order valence-electron chi connectivity index (χ4n) is 2.49. The molecule has 0 bridgehead atoms. The van der Waals surface area contributed by atoms with E-state index in [-0.39, 0.29) is 0 Å². The van der Waals surface area contributed by atoms with Crippen molar-refractivity contribution in [2.75, 3.05) is 19.7 Å². The van der Waals surface area contributed by atoms with E-state index in [1.165, 1.54) is 12.8 Å². The summed E-state index contributed by atoms with van der Waals surface area (Å²) in [6.07, 6.45) is 6.28. The molecule has 0 atom stereocenters. The summed E-state index contributed by atoms with van der Waals surface area (Å²) < 4.78 is 5.73. The molecule has 2 N–H and O–H groups in total. The first-order valence-corrected chi connectivity index (χ1v) is 8.32. The molecule has 22 heavy (non-hydrogen) atoms. The smallest absolute Gasteiger partial charge is 0.218 e. The lowest BCUT2D eigenvalue weighted by Crippen LogP contribution is -2.42. The van der Waals surface area contributed by atoms with Crippen molar-refractivity contribution in [2.45, 2.75) is 46.1 Å². The molecular formula is C17H28N4O. The van der Waals surface area contributed by atoms with Crippen LogP contribution < -0.4 is 10.5 Å². The van der Waals surface area contributed by atoms with Gasteiger partial charge < -0.3 is 15.4 Å². The van der Waals surface area contributed by atoms with Crippen LogP contribution in [0.15, 0.2) is 23.3 Å². The van der Waals surface area contributed by atoms with Gasteiger partial charge in [-0.3, -0.25) is 0 Å². The summed E-state index contributed by atoms with van der Waals surface area (Å²) in [5.41, 5.74) is 7.12. The van der Waals surface area contributed by atoms with Gasteiger partial charge in [0.25, 0.3) is 0 Å². The molecule has 5 nitrogen and oxygen atoms in total. The average molecular weight is 304 g/mol. The first-order valence-electron chi connectivity index (χ1n) is 8.32. The zero-order valence-electron chi connectivity index (χ0n) is 13.8. The highest BCUT2D eigenvalue weighted by atomic mass is 16.5. The lowest BCUT2D eigenvalue weighted by atomic mass is 10.00. The van der Waals surface area contributed by atoms with E-state index in [0.29, 0.717) is 25.0 Å². The molecule has 1 fully saturated rings. The highest BCUT2D eigenvalue weighted by molar-refractivity contribution is 5.78. The normalized spacial score (nSPS) is 16.8. The molecule has 0 saturated carbocycles. The van der Waals surface area contributed by atoms with Crippen molar-refractivity contribution in [1.29, 1.82) is 0 Å². The van der Waals surface area contributed by atoms with Crippen LogP contribution in [-0.4, -0.2) is 35.5 Å². The number of hydrogen-bond acceptors (Lipinski definition) is 3. The third kappa shape index (κ3) is 4.90. The molecule has 1 aromatic rings. The molecule has 0 radical (unpaired) electrons. The summed E-state index contributed by atoms with van der Waals surface area (Å²) in [4.78, 5) is 11.0. The summed E-state index contributed by atoms with van der Waals surface area (Å²) in [5.74, 6) is 2.11. The molecule has 0 spiro atoms. The zero-order chi connectivity index (χ0) is 15.8. The van der Waals surface area contributed by atoms with Gasteiger partial charge in [0, 0.05) is 24.8 Å². The third-order valence-electron chi connectivity index (χ3n) is 4.11. The average Bonchev–Trinajstić information content (AvgIpc) is 2.54. The van der Waals surface area contributed by atoms with Crippen molar-refractivity contribution in [3.05, 3.63) is 23.9 Å². The molecule has 0 unspecified atom stereocenters. The van der Waals surface area contributed by atoms with E-state index in [0.717, 1.165) is 37.4 Å². The number of aliphatic imine (C=N–C) groups is 1. The quantitative estimate of drug-likeness (QED) is 0.498. The molecule has 2 heterocycles. The van der Waals surface area contributed by atoms with Crippen LogP contribution in [0, 0.1) is 5.92 Å². The number of aromatic nitrogens is 1. The number of piperidine rings is 1. The van der Waals surface area contributed by atoms with Gasteiger partial charge in [0.2, 0.25) is 5.88 Å². The predicted octanol–water partition coefficient (Wildman–Crippen LogP) is 2.81. The van der Waals surface area contributed by atoms with E-state index in [4.69, 9.17) is 10.5 Å². The maximum atomic E-state index is 6.13. The lowest BCUT2D eigenvalue weighted by Gasteiger charge is -2.31. The monoisotopic (exact) mass is 304 g/mol. The number of rotatable bonds is 6. The Morgan fingerprint density at radius 3 is 2.95 bits per heavy atom. The maximum Gasteiger partial charge on any atom is 0.218 e. The number of hydrogen-bond donors (Lipinski definition) is 1. The number of ether oxygens (including phenoxy) is 1. The van der Waals surface area contributed by atoms with Crippen molar-refractivity contribution >= 4 is 5.96 Å². The van der Waals surface area contributed by atoms with Crippen LogP contribution in [0.5, 0.6) is 5.88 Å². The molecular weight excluding hydrogens is 276 g/mol. The summed E-state index contributed by atoms with van der Waals surface area (Å²) in [7, 11) is 0. The molecule has 1 aliphatic rings. The number of unbranched alkanes of at least 4 members (excludes halogenated alkanes) is 1. The van der Waals surface area contributed by atoms with Gasteiger partial charge in [-0.1, -0.05) is 26.3 Å². The number of pyridine rings is 1. The van der Waals surface area contributed by atoms with Crippen molar-refractivity contribution in [3.63, 3.8) is 0 Å². The highest BCUT2D eigenvalue weighted by Crippen LogP contribution is 2.18. The van der Waals surface area contributed by atoms with Crippen molar-refractivity contribution < 1.29 is 4.74 Å². The van der Waals surface area contributed by atoms with Gasteiger partial charge in [0.15, 0.2) is 5.96 Å². The Labute approximate surface area is 133 Å². The minimum absolute atomic E-state index is 0.521. The van der Waals surface area contributed by atoms with Gasteiger partial charge in [-0.25, -0.2) is 9.98 Å². The Kier molecular flexibility index (Phi) is 6.49. The standard InChI is InChI=1S/C17H28N4O/c1-3-4-12-22-16-15(6-5-9-19-16)13-20-17(18)21-10-7-14(2)8-11-21/h5-6,9,14H,3-4,7-8,10-13H2,1-2H3,(H2,18,20). The van der Waals surface area contributed by atoms with Crippen molar-refractivity contribution in [2.24, 2.45) is 16.6 Å². The Morgan fingerprint density at radius 1 is 1.45 bits per heavy atom. The summed E-state index contributed by atoms with van der Waals surface area (Å²) in [5, 5.41) is 0. The third-order valence-corrected chi connectivity index (χ3v) is 4.11. The summed E-state index contributed by atoms with van der Waals surface area (Å²) in [6.45, 7) is 7.66. The van der Waals surface area contributed by atoms with Crippen LogP contribution in [-0.2, 0) is 6.54 Å². The highest BCUT2D eigenvalue weighted by Gasteiger charge is 2.17. The van der Waals surface area contributed by atoms with Crippen LogP contribution in [0.25, 0.3) is 0 Å². The number of likely N-dealkylation sites (tertiary alicyclic amines) is 1. The largest absolute Gasteiger partial charge is 0.477 e. The molecule has 1 aromatic heterocycles.